The molecule has 0 fully saturated rings. The van der Waals surface area contributed by atoms with Gasteiger partial charge >= 0.3 is 0 Å². The molecule has 0 aliphatic heterocycles. The Labute approximate surface area is 125 Å². The lowest BCUT2D eigenvalue weighted by atomic mass is 10.2. The summed E-state index contributed by atoms with van der Waals surface area (Å²) in [6.45, 7) is 1.74. The molecule has 22 heavy (non-hydrogen) atoms. The molecular formula is C15H13N3O4. The quantitative estimate of drug-likeness (QED) is 0.452. The van der Waals surface area contributed by atoms with Crippen molar-refractivity contribution in [2.75, 3.05) is 12.8 Å². The molecule has 3 aromatic rings. The Bertz CT molecular complexity index is 886. The zero-order chi connectivity index (χ0) is 15.9. The number of nitrogens with two attached hydrogens (primary N) is 1. The monoisotopic (exact) mass is 299 g/mol. The molecule has 1 aromatic heterocycles. The van der Waals surface area contributed by atoms with Crippen molar-refractivity contribution in [3.8, 4) is 17.2 Å². The molecule has 0 saturated heterocycles. The number of non-ortho nitro benzene ring substituents is 1. The van der Waals surface area contributed by atoms with Crippen LogP contribution >= 0.6 is 0 Å². The van der Waals surface area contributed by atoms with Crippen LogP contribution in [-0.2, 0) is 0 Å². The normalized spacial score (nSPS) is 10.8. The van der Waals surface area contributed by atoms with E-state index in [1.807, 2.05) is 0 Å². The molecule has 0 aliphatic carbocycles. The van der Waals surface area contributed by atoms with Crippen LogP contribution in [0.25, 0.3) is 22.6 Å². The number of fused-ring (bicyclic) bond motifs is 1. The number of rotatable bonds is 3. The number of anilines is 1. The van der Waals surface area contributed by atoms with E-state index in [9.17, 15) is 10.1 Å². The van der Waals surface area contributed by atoms with Gasteiger partial charge in [-0.15, -0.1) is 0 Å². The Kier molecular flexibility index (Phi) is 3.17. The van der Waals surface area contributed by atoms with Gasteiger partial charge in [0.25, 0.3) is 5.69 Å². The van der Waals surface area contributed by atoms with Gasteiger partial charge in [0.1, 0.15) is 11.3 Å². The molecule has 0 spiro atoms. The third kappa shape index (κ3) is 2.22. The first-order valence-corrected chi connectivity index (χ1v) is 6.49. The smallest absolute Gasteiger partial charge is 0.272 e. The highest BCUT2D eigenvalue weighted by Crippen LogP contribution is 2.32. The molecule has 0 saturated carbocycles. The summed E-state index contributed by atoms with van der Waals surface area (Å²) in [5.41, 5.74) is 8.62. The third-order valence-electron chi connectivity index (χ3n) is 3.35. The van der Waals surface area contributed by atoms with E-state index in [1.165, 1.54) is 19.2 Å². The Balaban J connectivity index is 2.14. The van der Waals surface area contributed by atoms with Crippen molar-refractivity contribution in [2.24, 2.45) is 0 Å². The van der Waals surface area contributed by atoms with Gasteiger partial charge in [-0.1, -0.05) is 0 Å². The Morgan fingerprint density at radius 2 is 2.09 bits per heavy atom. The number of oxazole rings is 1. The topological polar surface area (TPSA) is 104 Å². The van der Waals surface area contributed by atoms with Crippen LogP contribution in [0.5, 0.6) is 5.75 Å². The molecule has 7 nitrogen and oxygen atoms in total. The number of hydrogen-bond acceptors (Lipinski definition) is 6. The van der Waals surface area contributed by atoms with Crippen LogP contribution in [0.15, 0.2) is 34.7 Å². The van der Waals surface area contributed by atoms with E-state index in [0.29, 0.717) is 39.6 Å². The van der Waals surface area contributed by atoms with Crippen molar-refractivity contribution in [1.29, 1.82) is 0 Å². The highest BCUT2D eigenvalue weighted by Gasteiger charge is 2.16. The molecule has 2 N–H and O–H groups in total. The first-order valence-electron chi connectivity index (χ1n) is 6.49. The maximum absolute atomic E-state index is 10.9. The van der Waals surface area contributed by atoms with E-state index in [4.69, 9.17) is 14.9 Å². The van der Waals surface area contributed by atoms with Gasteiger partial charge in [0.15, 0.2) is 5.58 Å². The van der Waals surface area contributed by atoms with Crippen LogP contribution in [0.3, 0.4) is 0 Å². The highest BCUT2D eigenvalue weighted by molar-refractivity contribution is 5.82. The molecule has 0 bridgehead atoms. The average molecular weight is 299 g/mol. The number of hydrogen-bond donors (Lipinski definition) is 1. The molecule has 2 aromatic carbocycles. The molecule has 0 aliphatic rings. The van der Waals surface area contributed by atoms with Crippen molar-refractivity contribution in [3.05, 3.63) is 46.0 Å². The maximum atomic E-state index is 10.9. The fourth-order valence-corrected chi connectivity index (χ4v) is 2.28. The Hall–Kier alpha value is -3.09. The number of nitrogens with zero attached hydrogens (tertiary/aromatic N) is 2. The average Bonchev–Trinajstić information content (AvgIpc) is 2.91. The zero-order valence-electron chi connectivity index (χ0n) is 12.0. The molecule has 0 atom stereocenters. The van der Waals surface area contributed by atoms with Crippen LogP contribution in [-0.4, -0.2) is 17.0 Å². The van der Waals surface area contributed by atoms with E-state index in [0.717, 1.165) is 0 Å². The number of aromatic nitrogens is 1. The van der Waals surface area contributed by atoms with Crippen LogP contribution < -0.4 is 10.5 Å². The number of nitrogen functional groups attached to an aromatic ring is 1. The van der Waals surface area contributed by atoms with Gasteiger partial charge in [-0.05, 0) is 25.1 Å². The lowest BCUT2D eigenvalue weighted by Gasteiger charge is -2.04. The van der Waals surface area contributed by atoms with Crippen LogP contribution in [0.2, 0.25) is 0 Å². The van der Waals surface area contributed by atoms with Crippen molar-refractivity contribution >= 4 is 22.5 Å². The van der Waals surface area contributed by atoms with Crippen molar-refractivity contribution < 1.29 is 14.1 Å². The van der Waals surface area contributed by atoms with Crippen molar-refractivity contribution in [2.45, 2.75) is 6.92 Å². The minimum Gasteiger partial charge on any atom is -0.495 e. The summed E-state index contributed by atoms with van der Waals surface area (Å²) in [6, 6.07) is 8.02. The number of ether oxygens (including phenoxy) is 1. The largest absolute Gasteiger partial charge is 0.495 e. The molecule has 112 valence electrons. The summed E-state index contributed by atoms with van der Waals surface area (Å²) < 4.78 is 10.8. The second kappa shape index (κ2) is 5.03. The molecule has 0 amide bonds. The number of nitro groups is 1. The maximum Gasteiger partial charge on any atom is 0.272 e. The van der Waals surface area contributed by atoms with E-state index >= 15 is 0 Å². The van der Waals surface area contributed by atoms with E-state index in [-0.39, 0.29) is 5.69 Å². The first-order chi connectivity index (χ1) is 10.5. The summed E-state index contributed by atoms with van der Waals surface area (Å²) in [4.78, 5) is 14.8. The summed E-state index contributed by atoms with van der Waals surface area (Å²) in [5, 5.41) is 10.9. The molecule has 3 rings (SSSR count). The fraction of sp³-hybridized carbons (Fsp3) is 0.133. The predicted molar refractivity (Wildman–Crippen MR) is 81.8 cm³/mol. The lowest BCUT2D eigenvalue weighted by Crippen LogP contribution is -1.92. The summed E-state index contributed by atoms with van der Waals surface area (Å²) in [5.74, 6) is 0.916. The van der Waals surface area contributed by atoms with Crippen LogP contribution in [0, 0.1) is 17.0 Å². The van der Waals surface area contributed by atoms with Gasteiger partial charge in [-0.25, -0.2) is 4.98 Å². The minimum atomic E-state index is -0.452. The molecule has 0 radical (unpaired) electrons. The second-order valence-electron chi connectivity index (χ2n) is 4.84. The Morgan fingerprint density at radius 3 is 2.73 bits per heavy atom. The number of methoxy groups -OCH3 is 1. The van der Waals surface area contributed by atoms with Gasteiger partial charge in [-0.2, -0.15) is 0 Å². The summed E-state index contributed by atoms with van der Waals surface area (Å²) in [6.07, 6.45) is 0. The molecule has 7 heteroatoms. The van der Waals surface area contributed by atoms with E-state index in [2.05, 4.69) is 4.98 Å². The van der Waals surface area contributed by atoms with Gasteiger partial charge in [0, 0.05) is 23.3 Å². The summed E-state index contributed by atoms with van der Waals surface area (Å²) >= 11 is 0. The molecule has 1 heterocycles. The SMILES string of the molecule is COc1ccc(-c2nc3cc([N+](=O)[O-])cc(C)c3o2)cc1N. The Morgan fingerprint density at radius 1 is 1.32 bits per heavy atom. The van der Waals surface area contributed by atoms with Crippen molar-refractivity contribution in [3.63, 3.8) is 0 Å². The highest BCUT2D eigenvalue weighted by atomic mass is 16.6. The zero-order valence-corrected chi connectivity index (χ0v) is 12.0. The first kappa shape index (κ1) is 13.9. The predicted octanol–water partition coefficient (Wildman–Crippen LogP) is 3.30. The minimum absolute atomic E-state index is 0.0147. The lowest BCUT2D eigenvalue weighted by molar-refractivity contribution is -0.384. The van der Waals surface area contributed by atoms with Crippen LogP contribution in [0.4, 0.5) is 11.4 Å². The van der Waals surface area contributed by atoms with E-state index in [1.54, 1.807) is 25.1 Å². The van der Waals surface area contributed by atoms with Gasteiger partial charge in [0.2, 0.25) is 5.89 Å². The molecular weight excluding hydrogens is 286 g/mol. The number of benzene rings is 2. The summed E-state index contributed by atoms with van der Waals surface area (Å²) in [7, 11) is 1.54. The van der Waals surface area contributed by atoms with Crippen LogP contribution in [0.1, 0.15) is 5.56 Å². The van der Waals surface area contributed by atoms with E-state index < -0.39 is 4.92 Å². The molecule has 0 unspecified atom stereocenters. The van der Waals surface area contributed by atoms with Crippen molar-refractivity contribution in [1.82, 2.24) is 4.98 Å². The number of nitro benzene ring substituents is 1. The van der Waals surface area contributed by atoms with Gasteiger partial charge in [-0.3, -0.25) is 10.1 Å². The third-order valence-corrected chi connectivity index (χ3v) is 3.35. The van der Waals surface area contributed by atoms with Gasteiger partial charge < -0.3 is 14.9 Å². The van der Waals surface area contributed by atoms with Gasteiger partial charge in [0.05, 0.1) is 17.7 Å². The number of aryl methyl sites for hydroxylation is 1. The fourth-order valence-electron chi connectivity index (χ4n) is 2.28. The standard InChI is InChI=1S/C15H13N3O4/c1-8-5-10(18(19)20)7-12-14(8)22-15(17-12)9-3-4-13(21-2)11(16)6-9/h3-7H,16H2,1-2H3. The second-order valence-corrected chi connectivity index (χ2v) is 4.84.